The van der Waals surface area contributed by atoms with Crippen molar-refractivity contribution in [3.63, 3.8) is 0 Å². The average molecular weight is 402 g/mol. The lowest BCUT2D eigenvalue weighted by molar-refractivity contribution is -0.140. The summed E-state index contributed by atoms with van der Waals surface area (Å²) in [4.78, 5) is 17.1. The number of hydrogen-bond donors (Lipinski definition) is 0. The molecule has 0 bridgehead atoms. The fourth-order valence-corrected chi connectivity index (χ4v) is 4.19. The van der Waals surface area contributed by atoms with E-state index in [-0.39, 0.29) is 11.4 Å². The first-order valence-electron chi connectivity index (χ1n) is 7.94. The summed E-state index contributed by atoms with van der Waals surface area (Å²) in [5, 5.41) is 0.658. The summed E-state index contributed by atoms with van der Waals surface area (Å²) in [5.41, 5.74) is 1.15. The molecule has 1 unspecified atom stereocenters. The predicted octanol–water partition coefficient (Wildman–Crippen LogP) is 3.35. The highest BCUT2D eigenvalue weighted by Gasteiger charge is 2.36. The van der Waals surface area contributed by atoms with E-state index in [0.717, 1.165) is 42.0 Å². The number of ether oxygens (including phenoxy) is 1. The van der Waals surface area contributed by atoms with Gasteiger partial charge in [0.05, 0.1) is 4.47 Å². The topological polar surface area (TPSA) is 32.8 Å². The second-order valence-corrected chi connectivity index (χ2v) is 8.46. The van der Waals surface area contributed by atoms with Gasteiger partial charge in [0.1, 0.15) is 5.75 Å². The molecule has 1 aromatic carbocycles. The molecule has 23 heavy (non-hydrogen) atoms. The number of fused-ring (bicyclic) bond motifs is 1. The van der Waals surface area contributed by atoms with E-state index >= 15 is 0 Å². The Labute approximate surface area is 150 Å². The summed E-state index contributed by atoms with van der Waals surface area (Å²) in [6.45, 7) is 9.96. The van der Waals surface area contributed by atoms with E-state index in [0.29, 0.717) is 11.4 Å². The highest BCUT2D eigenvalue weighted by atomic mass is 79.9. The first kappa shape index (κ1) is 17.1. The molecule has 0 N–H and O–H groups in total. The average Bonchev–Trinajstić information content (AvgIpc) is 2.90. The lowest BCUT2D eigenvalue weighted by Gasteiger charge is -2.42. The van der Waals surface area contributed by atoms with Crippen LogP contribution >= 0.6 is 27.5 Å². The molecule has 4 nitrogen and oxygen atoms in total. The highest BCUT2D eigenvalue weighted by molar-refractivity contribution is 9.10. The Bertz CT molecular complexity index is 622. The van der Waals surface area contributed by atoms with Crippen molar-refractivity contribution in [2.45, 2.75) is 38.8 Å². The monoisotopic (exact) mass is 400 g/mol. The van der Waals surface area contributed by atoms with Gasteiger partial charge in [-0.2, -0.15) is 0 Å². The maximum Gasteiger partial charge on any atom is 0.264 e. The number of amides is 1. The summed E-state index contributed by atoms with van der Waals surface area (Å²) >= 11 is 9.54. The number of hydrogen-bond acceptors (Lipinski definition) is 3. The third-order valence-electron chi connectivity index (χ3n) is 4.57. The lowest BCUT2D eigenvalue weighted by atomic mass is 10.0. The zero-order valence-corrected chi connectivity index (χ0v) is 16.1. The summed E-state index contributed by atoms with van der Waals surface area (Å²) in [6.07, 6.45) is 0.160. The Hall–Kier alpha value is -0.780. The van der Waals surface area contributed by atoms with E-state index in [1.165, 1.54) is 0 Å². The van der Waals surface area contributed by atoms with Crippen LogP contribution in [0.25, 0.3) is 0 Å². The van der Waals surface area contributed by atoms with Crippen LogP contribution in [-0.4, -0.2) is 53.5 Å². The van der Waals surface area contributed by atoms with Crippen molar-refractivity contribution in [3.8, 4) is 5.75 Å². The van der Waals surface area contributed by atoms with Gasteiger partial charge in [0.2, 0.25) is 0 Å². The molecular formula is C17H22BrClN2O2. The molecule has 126 valence electrons. The number of halogens is 2. The van der Waals surface area contributed by atoms with Gasteiger partial charge in [0.15, 0.2) is 6.10 Å². The maximum absolute atomic E-state index is 12.8. The number of carbonyl (C=O) groups is 1. The number of rotatable bonds is 1. The molecule has 0 spiro atoms. The molecule has 0 radical (unpaired) electrons. The zero-order chi connectivity index (χ0) is 16.8. The summed E-state index contributed by atoms with van der Waals surface area (Å²) in [6, 6.07) is 3.68. The molecule has 1 fully saturated rings. The highest BCUT2D eigenvalue weighted by Crippen LogP contribution is 2.39. The van der Waals surface area contributed by atoms with Gasteiger partial charge in [-0.25, -0.2) is 0 Å². The van der Waals surface area contributed by atoms with Gasteiger partial charge in [0.25, 0.3) is 5.91 Å². The molecule has 1 amide bonds. The molecule has 0 aromatic heterocycles. The van der Waals surface area contributed by atoms with Gasteiger partial charge in [0, 0.05) is 48.7 Å². The predicted molar refractivity (Wildman–Crippen MR) is 95.2 cm³/mol. The second-order valence-electron chi connectivity index (χ2n) is 7.17. The Balaban J connectivity index is 1.64. The van der Waals surface area contributed by atoms with Crippen LogP contribution in [0.1, 0.15) is 26.3 Å². The van der Waals surface area contributed by atoms with Crippen LogP contribution in [0.3, 0.4) is 0 Å². The first-order valence-corrected chi connectivity index (χ1v) is 9.11. The molecule has 1 saturated heterocycles. The number of benzene rings is 1. The van der Waals surface area contributed by atoms with Gasteiger partial charge in [-0.05, 0) is 48.8 Å². The van der Waals surface area contributed by atoms with Crippen LogP contribution in [0.4, 0.5) is 0 Å². The van der Waals surface area contributed by atoms with Gasteiger partial charge in [-0.3, -0.25) is 9.69 Å². The minimum atomic E-state index is -0.430. The number of carbonyl (C=O) groups excluding carboxylic acids is 1. The minimum absolute atomic E-state index is 0.0813. The van der Waals surface area contributed by atoms with Gasteiger partial charge in [-0.15, -0.1) is 0 Å². The quantitative estimate of drug-likeness (QED) is 0.723. The maximum atomic E-state index is 12.8. The molecule has 3 rings (SSSR count). The van der Waals surface area contributed by atoms with E-state index in [9.17, 15) is 4.79 Å². The van der Waals surface area contributed by atoms with Gasteiger partial charge < -0.3 is 9.64 Å². The smallest absolute Gasteiger partial charge is 0.264 e. The van der Waals surface area contributed by atoms with E-state index in [1.54, 1.807) is 6.07 Å². The van der Waals surface area contributed by atoms with Crippen LogP contribution in [-0.2, 0) is 11.2 Å². The second kappa shape index (κ2) is 6.26. The number of nitrogens with zero attached hydrogens (tertiary/aromatic N) is 2. The standard InChI is InChI=1S/C17H22BrClN2O2/c1-17(2,3)21-6-4-20(5-7-21)16(22)14-9-11-8-12(19)10-13(18)15(11)23-14/h8,10,14H,4-7,9H2,1-3H3. The molecular weight excluding hydrogens is 380 g/mol. The van der Waals surface area contributed by atoms with Crippen LogP contribution in [0, 0.1) is 0 Å². The van der Waals surface area contributed by atoms with E-state index in [2.05, 4.69) is 41.6 Å². The number of piperazine rings is 1. The largest absolute Gasteiger partial charge is 0.479 e. The third-order valence-corrected chi connectivity index (χ3v) is 5.37. The van der Waals surface area contributed by atoms with Crippen molar-refractivity contribution in [1.82, 2.24) is 9.80 Å². The van der Waals surface area contributed by atoms with Crippen molar-refractivity contribution in [3.05, 3.63) is 27.2 Å². The zero-order valence-electron chi connectivity index (χ0n) is 13.7. The lowest BCUT2D eigenvalue weighted by Crippen LogP contribution is -2.56. The summed E-state index contributed by atoms with van der Waals surface area (Å²) in [7, 11) is 0. The van der Waals surface area contributed by atoms with Gasteiger partial charge in [-0.1, -0.05) is 11.6 Å². The van der Waals surface area contributed by atoms with Crippen LogP contribution < -0.4 is 4.74 Å². The van der Waals surface area contributed by atoms with E-state index in [4.69, 9.17) is 16.3 Å². The molecule has 0 saturated carbocycles. The Morgan fingerprint density at radius 1 is 1.26 bits per heavy atom. The Morgan fingerprint density at radius 2 is 1.91 bits per heavy atom. The Kier molecular flexibility index (Phi) is 4.64. The normalized spacial score (nSPS) is 22.0. The third kappa shape index (κ3) is 3.52. The molecule has 0 aliphatic carbocycles. The van der Waals surface area contributed by atoms with Crippen molar-refractivity contribution in [1.29, 1.82) is 0 Å². The molecule has 6 heteroatoms. The fourth-order valence-electron chi connectivity index (χ4n) is 3.22. The Morgan fingerprint density at radius 3 is 2.52 bits per heavy atom. The molecule has 2 aliphatic heterocycles. The molecule has 1 atom stereocenters. The molecule has 2 heterocycles. The minimum Gasteiger partial charge on any atom is -0.479 e. The van der Waals surface area contributed by atoms with Crippen molar-refractivity contribution >= 4 is 33.4 Å². The SMILES string of the molecule is CC(C)(C)N1CCN(C(=O)C2Cc3cc(Cl)cc(Br)c3O2)CC1. The van der Waals surface area contributed by atoms with E-state index < -0.39 is 6.10 Å². The first-order chi connectivity index (χ1) is 10.8. The fraction of sp³-hybridized carbons (Fsp3) is 0.588. The summed E-state index contributed by atoms with van der Waals surface area (Å²) in [5.74, 6) is 0.832. The summed E-state index contributed by atoms with van der Waals surface area (Å²) < 4.78 is 6.70. The molecule has 2 aliphatic rings. The van der Waals surface area contributed by atoms with Crippen molar-refractivity contribution in [2.24, 2.45) is 0 Å². The van der Waals surface area contributed by atoms with Gasteiger partial charge >= 0.3 is 0 Å². The van der Waals surface area contributed by atoms with Crippen LogP contribution in [0.5, 0.6) is 5.75 Å². The van der Waals surface area contributed by atoms with Crippen molar-refractivity contribution in [2.75, 3.05) is 26.2 Å². The molecule has 1 aromatic rings. The van der Waals surface area contributed by atoms with Crippen LogP contribution in [0.15, 0.2) is 16.6 Å². The van der Waals surface area contributed by atoms with E-state index in [1.807, 2.05) is 11.0 Å². The van der Waals surface area contributed by atoms with Crippen molar-refractivity contribution < 1.29 is 9.53 Å². The van der Waals surface area contributed by atoms with Crippen LogP contribution in [0.2, 0.25) is 5.02 Å².